The van der Waals surface area contributed by atoms with Gasteiger partial charge in [0.1, 0.15) is 11.4 Å². The number of carboxylic acids is 1. The molecule has 1 fully saturated rings. The molecule has 0 unspecified atom stereocenters. The summed E-state index contributed by atoms with van der Waals surface area (Å²) in [6.45, 7) is 2.62. The molecule has 2 rings (SSSR count). The van der Waals surface area contributed by atoms with E-state index in [2.05, 4.69) is 4.98 Å². The van der Waals surface area contributed by atoms with Gasteiger partial charge in [0.25, 0.3) is 0 Å². The quantitative estimate of drug-likeness (QED) is 0.771. The summed E-state index contributed by atoms with van der Waals surface area (Å²) in [6.07, 6.45) is 1.61. The Morgan fingerprint density at radius 2 is 2.20 bits per heavy atom. The Kier molecular flexibility index (Phi) is 2.82. The first-order valence-electron chi connectivity index (χ1n) is 4.80. The van der Waals surface area contributed by atoms with Crippen LogP contribution in [-0.4, -0.2) is 42.4 Å². The highest BCUT2D eigenvalue weighted by Crippen LogP contribution is 2.17. The number of nitrogens with zero attached hydrogens (tertiary/aromatic N) is 2. The molecule has 1 aliphatic heterocycles. The van der Waals surface area contributed by atoms with Gasteiger partial charge in [-0.05, 0) is 12.1 Å². The Morgan fingerprint density at radius 1 is 1.47 bits per heavy atom. The number of aromatic carboxylic acids is 1. The first kappa shape index (κ1) is 9.92. The average Bonchev–Trinajstić information content (AvgIpc) is 2.30. The largest absolute Gasteiger partial charge is 0.478 e. The molecule has 1 aliphatic rings. The Bertz CT molecular complexity index is 361. The van der Waals surface area contributed by atoms with E-state index in [4.69, 9.17) is 9.84 Å². The van der Waals surface area contributed by atoms with Gasteiger partial charge in [-0.2, -0.15) is 0 Å². The topological polar surface area (TPSA) is 62.7 Å². The van der Waals surface area contributed by atoms with Gasteiger partial charge in [-0.15, -0.1) is 0 Å². The molecule has 1 aromatic heterocycles. The lowest BCUT2D eigenvalue weighted by Gasteiger charge is -2.28. The fourth-order valence-corrected chi connectivity index (χ4v) is 1.59. The van der Waals surface area contributed by atoms with E-state index in [1.165, 1.54) is 0 Å². The van der Waals surface area contributed by atoms with E-state index in [0.717, 1.165) is 0 Å². The molecule has 5 nitrogen and oxygen atoms in total. The number of anilines is 1. The summed E-state index contributed by atoms with van der Waals surface area (Å²) in [7, 11) is 0. The average molecular weight is 208 g/mol. The molecule has 80 valence electrons. The zero-order chi connectivity index (χ0) is 10.7. The van der Waals surface area contributed by atoms with E-state index in [-0.39, 0.29) is 5.56 Å². The third-order valence-electron chi connectivity index (χ3n) is 2.33. The van der Waals surface area contributed by atoms with Gasteiger partial charge in [-0.3, -0.25) is 0 Å². The molecule has 1 N–H and O–H groups in total. The Hall–Kier alpha value is -1.62. The van der Waals surface area contributed by atoms with E-state index in [1.54, 1.807) is 18.3 Å². The monoisotopic (exact) mass is 208 g/mol. The van der Waals surface area contributed by atoms with Crippen LogP contribution in [0.1, 0.15) is 10.4 Å². The van der Waals surface area contributed by atoms with Crippen LogP contribution >= 0.6 is 0 Å². The van der Waals surface area contributed by atoms with Crippen molar-refractivity contribution >= 4 is 11.8 Å². The minimum absolute atomic E-state index is 0.249. The lowest BCUT2D eigenvalue weighted by molar-refractivity contribution is 0.0696. The SMILES string of the molecule is O=C(O)c1cccnc1N1CCOCC1. The van der Waals surface area contributed by atoms with Crippen LogP contribution in [0, 0.1) is 0 Å². The van der Waals surface area contributed by atoms with Crippen molar-refractivity contribution in [3.63, 3.8) is 0 Å². The third kappa shape index (κ3) is 2.07. The molecule has 0 spiro atoms. The molecule has 15 heavy (non-hydrogen) atoms. The minimum atomic E-state index is -0.940. The number of hydrogen-bond donors (Lipinski definition) is 1. The Balaban J connectivity index is 2.29. The lowest BCUT2D eigenvalue weighted by Crippen LogP contribution is -2.37. The molecule has 0 saturated carbocycles. The van der Waals surface area contributed by atoms with Crippen molar-refractivity contribution in [2.75, 3.05) is 31.2 Å². The van der Waals surface area contributed by atoms with Crippen LogP contribution in [0.3, 0.4) is 0 Å². The maximum atomic E-state index is 11.0. The second-order valence-electron chi connectivity index (χ2n) is 3.28. The smallest absolute Gasteiger partial charge is 0.339 e. The normalized spacial score (nSPS) is 16.4. The third-order valence-corrected chi connectivity index (χ3v) is 2.33. The highest BCUT2D eigenvalue weighted by atomic mass is 16.5. The van der Waals surface area contributed by atoms with Crippen LogP contribution in [-0.2, 0) is 4.74 Å². The molecular weight excluding hydrogens is 196 g/mol. The van der Waals surface area contributed by atoms with Crippen LogP contribution in [0.4, 0.5) is 5.82 Å². The van der Waals surface area contributed by atoms with Gasteiger partial charge in [-0.25, -0.2) is 9.78 Å². The predicted octanol–water partition coefficient (Wildman–Crippen LogP) is 0.616. The van der Waals surface area contributed by atoms with Gasteiger partial charge in [0, 0.05) is 19.3 Å². The van der Waals surface area contributed by atoms with Crippen LogP contribution < -0.4 is 4.90 Å². The zero-order valence-electron chi connectivity index (χ0n) is 8.22. The molecule has 2 heterocycles. The highest BCUT2D eigenvalue weighted by Gasteiger charge is 2.18. The van der Waals surface area contributed by atoms with E-state index >= 15 is 0 Å². The molecule has 0 aliphatic carbocycles. The standard InChI is InChI=1S/C10H12N2O3/c13-10(14)8-2-1-3-11-9(8)12-4-6-15-7-5-12/h1-3H,4-7H2,(H,13,14). The van der Waals surface area contributed by atoms with Crippen molar-refractivity contribution in [1.29, 1.82) is 0 Å². The first-order valence-corrected chi connectivity index (χ1v) is 4.80. The van der Waals surface area contributed by atoms with Crippen molar-refractivity contribution < 1.29 is 14.6 Å². The van der Waals surface area contributed by atoms with Gasteiger partial charge in [0.15, 0.2) is 0 Å². The number of rotatable bonds is 2. The van der Waals surface area contributed by atoms with Crippen molar-refractivity contribution in [3.8, 4) is 0 Å². The van der Waals surface area contributed by atoms with Gasteiger partial charge in [0.2, 0.25) is 0 Å². The van der Waals surface area contributed by atoms with Gasteiger partial charge in [-0.1, -0.05) is 0 Å². The molecule has 1 saturated heterocycles. The van der Waals surface area contributed by atoms with Crippen LogP contribution in [0.5, 0.6) is 0 Å². The fourth-order valence-electron chi connectivity index (χ4n) is 1.59. The van der Waals surface area contributed by atoms with Crippen LogP contribution in [0.15, 0.2) is 18.3 Å². The predicted molar refractivity (Wildman–Crippen MR) is 54.2 cm³/mol. The van der Waals surface area contributed by atoms with Crippen molar-refractivity contribution in [1.82, 2.24) is 4.98 Å². The molecule has 5 heteroatoms. The first-order chi connectivity index (χ1) is 7.29. The molecule has 0 bridgehead atoms. The molecule has 0 amide bonds. The van der Waals surface area contributed by atoms with Gasteiger partial charge < -0.3 is 14.7 Å². The summed E-state index contributed by atoms with van der Waals surface area (Å²) < 4.78 is 5.20. The number of ether oxygens (including phenoxy) is 1. The van der Waals surface area contributed by atoms with Crippen molar-refractivity contribution in [2.45, 2.75) is 0 Å². The van der Waals surface area contributed by atoms with Crippen molar-refractivity contribution in [2.24, 2.45) is 0 Å². The summed E-state index contributed by atoms with van der Waals surface area (Å²) in [6, 6.07) is 3.20. The molecule has 1 aromatic rings. The highest BCUT2D eigenvalue weighted by molar-refractivity contribution is 5.93. The second-order valence-corrected chi connectivity index (χ2v) is 3.28. The van der Waals surface area contributed by atoms with Crippen LogP contribution in [0.2, 0.25) is 0 Å². The zero-order valence-corrected chi connectivity index (χ0v) is 8.22. The summed E-state index contributed by atoms with van der Waals surface area (Å²) in [4.78, 5) is 17.0. The Labute approximate surface area is 87.3 Å². The number of carboxylic acid groups (broad SMARTS) is 1. The molecule has 0 atom stereocenters. The van der Waals surface area contributed by atoms with Gasteiger partial charge in [0.05, 0.1) is 13.2 Å². The number of morpholine rings is 1. The summed E-state index contributed by atoms with van der Waals surface area (Å²) in [5.41, 5.74) is 0.249. The number of carbonyl (C=O) groups is 1. The Morgan fingerprint density at radius 3 is 2.87 bits per heavy atom. The molecule has 0 aromatic carbocycles. The summed E-state index contributed by atoms with van der Waals surface area (Å²) in [5, 5.41) is 9.00. The second kappa shape index (κ2) is 4.27. The van der Waals surface area contributed by atoms with E-state index in [1.807, 2.05) is 4.90 Å². The maximum absolute atomic E-state index is 11.0. The van der Waals surface area contributed by atoms with Crippen molar-refractivity contribution in [3.05, 3.63) is 23.9 Å². The fraction of sp³-hybridized carbons (Fsp3) is 0.400. The number of aromatic nitrogens is 1. The molecule has 0 radical (unpaired) electrons. The molecular formula is C10H12N2O3. The van der Waals surface area contributed by atoms with E-state index in [0.29, 0.717) is 32.1 Å². The van der Waals surface area contributed by atoms with E-state index in [9.17, 15) is 4.79 Å². The van der Waals surface area contributed by atoms with Gasteiger partial charge >= 0.3 is 5.97 Å². The van der Waals surface area contributed by atoms with E-state index < -0.39 is 5.97 Å². The van der Waals surface area contributed by atoms with Crippen LogP contribution in [0.25, 0.3) is 0 Å². The number of pyridine rings is 1. The maximum Gasteiger partial charge on any atom is 0.339 e. The number of hydrogen-bond acceptors (Lipinski definition) is 4. The lowest BCUT2D eigenvalue weighted by atomic mass is 10.2. The summed E-state index contributed by atoms with van der Waals surface area (Å²) >= 11 is 0. The minimum Gasteiger partial charge on any atom is -0.478 e. The summed E-state index contributed by atoms with van der Waals surface area (Å²) in [5.74, 6) is -0.405.